The second-order valence-corrected chi connectivity index (χ2v) is 6.01. The lowest BCUT2D eigenvalue weighted by Gasteiger charge is -2.32. The summed E-state index contributed by atoms with van der Waals surface area (Å²) in [5.41, 5.74) is 0.468. The predicted octanol–water partition coefficient (Wildman–Crippen LogP) is 4.66. The van der Waals surface area contributed by atoms with Crippen molar-refractivity contribution in [2.75, 3.05) is 13.1 Å². The van der Waals surface area contributed by atoms with E-state index in [9.17, 15) is 13.2 Å². The first kappa shape index (κ1) is 16.3. The number of benzene rings is 1. The van der Waals surface area contributed by atoms with Crippen LogP contribution in [0.1, 0.15) is 43.7 Å². The van der Waals surface area contributed by atoms with Gasteiger partial charge in [0, 0.05) is 0 Å². The van der Waals surface area contributed by atoms with Crippen LogP contribution in [0.3, 0.4) is 0 Å². The van der Waals surface area contributed by atoms with Gasteiger partial charge in [0.1, 0.15) is 0 Å². The van der Waals surface area contributed by atoms with Gasteiger partial charge in [-0.05, 0) is 61.9 Å². The third-order valence-corrected chi connectivity index (χ3v) is 4.50. The van der Waals surface area contributed by atoms with Crippen LogP contribution in [0, 0.1) is 11.8 Å². The highest BCUT2D eigenvalue weighted by Gasteiger charge is 2.30. The van der Waals surface area contributed by atoms with Crippen molar-refractivity contribution in [3.63, 3.8) is 0 Å². The van der Waals surface area contributed by atoms with Crippen LogP contribution in [0.15, 0.2) is 24.3 Å². The topological polar surface area (TPSA) is 12.0 Å². The SMILES string of the molecule is CCNCC1CCCCC1Cc1ccc(C(F)(F)F)cc1. The molecule has 0 bridgehead atoms. The maximum absolute atomic E-state index is 12.6. The first-order chi connectivity index (χ1) is 10.0. The van der Waals surface area contributed by atoms with Crippen molar-refractivity contribution in [1.29, 1.82) is 0 Å². The molecule has 0 aromatic heterocycles. The zero-order valence-corrected chi connectivity index (χ0v) is 12.5. The molecule has 2 atom stereocenters. The summed E-state index contributed by atoms with van der Waals surface area (Å²) in [5.74, 6) is 1.25. The van der Waals surface area contributed by atoms with E-state index in [1.54, 1.807) is 12.1 Å². The Bertz CT molecular complexity index is 425. The first-order valence-corrected chi connectivity index (χ1v) is 7.87. The lowest BCUT2D eigenvalue weighted by molar-refractivity contribution is -0.137. The van der Waals surface area contributed by atoms with Gasteiger partial charge < -0.3 is 5.32 Å². The highest BCUT2D eigenvalue weighted by Crippen LogP contribution is 2.33. The van der Waals surface area contributed by atoms with Gasteiger partial charge in [-0.15, -0.1) is 0 Å². The minimum absolute atomic E-state index is 0.556. The Morgan fingerprint density at radius 3 is 2.24 bits per heavy atom. The summed E-state index contributed by atoms with van der Waals surface area (Å²) in [6, 6.07) is 5.69. The number of hydrogen-bond acceptors (Lipinski definition) is 1. The maximum Gasteiger partial charge on any atom is 0.416 e. The molecule has 0 amide bonds. The summed E-state index contributed by atoms with van der Waals surface area (Å²) in [5, 5.41) is 3.41. The molecule has 4 heteroatoms. The van der Waals surface area contributed by atoms with E-state index in [1.807, 2.05) is 0 Å². The van der Waals surface area contributed by atoms with Crippen LogP contribution >= 0.6 is 0 Å². The van der Waals surface area contributed by atoms with E-state index in [-0.39, 0.29) is 0 Å². The number of nitrogens with one attached hydrogen (secondary N) is 1. The fourth-order valence-electron chi connectivity index (χ4n) is 3.28. The van der Waals surface area contributed by atoms with Crippen molar-refractivity contribution in [3.05, 3.63) is 35.4 Å². The summed E-state index contributed by atoms with van der Waals surface area (Å²) in [6.07, 6.45) is 1.61. The van der Waals surface area contributed by atoms with Crippen LogP contribution in [0.4, 0.5) is 13.2 Å². The van der Waals surface area contributed by atoms with E-state index in [4.69, 9.17) is 0 Å². The van der Waals surface area contributed by atoms with E-state index in [2.05, 4.69) is 12.2 Å². The molecular weight excluding hydrogens is 275 g/mol. The van der Waals surface area contributed by atoms with Crippen molar-refractivity contribution in [2.45, 2.75) is 45.2 Å². The lowest BCUT2D eigenvalue weighted by atomic mass is 9.76. The highest BCUT2D eigenvalue weighted by atomic mass is 19.4. The standard InChI is InChI=1S/C17H24F3N/c1-2-21-12-15-6-4-3-5-14(15)11-13-7-9-16(10-8-13)17(18,19)20/h7-10,14-15,21H,2-6,11-12H2,1H3. The van der Waals surface area contributed by atoms with Gasteiger partial charge in [0.25, 0.3) is 0 Å². The monoisotopic (exact) mass is 299 g/mol. The molecule has 1 N–H and O–H groups in total. The Morgan fingerprint density at radius 2 is 1.67 bits per heavy atom. The third-order valence-electron chi connectivity index (χ3n) is 4.50. The van der Waals surface area contributed by atoms with Gasteiger partial charge >= 0.3 is 6.18 Å². The average molecular weight is 299 g/mol. The molecule has 0 saturated heterocycles. The quantitative estimate of drug-likeness (QED) is 0.833. The lowest BCUT2D eigenvalue weighted by Crippen LogP contribution is -2.31. The molecule has 2 unspecified atom stereocenters. The van der Waals surface area contributed by atoms with Crippen molar-refractivity contribution in [2.24, 2.45) is 11.8 Å². The maximum atomic E-state index is 12.6. The molecule has 2 rings (SSSR count). The molecule has 1 aromatic rings. The van der Waals surface area contributed by atoms with Crippen LogP contribution in [-0.2, 0) is 12.6 Å². The number of alkyl halides is 3. The number of hydrogen-bond donors (Lipinski definition) is 1. The largest absolute Gasteiger partial charge is 0.416 e. The minimum atomic E-state index is -4.24. The molecule has 0 radical (unpaired) electrons. The average Bonchev–Trinajstić information content (AvgIpc) is 2.46. The van der Waals surface area contributed by atoms with Crippen LogP contribution in [0.25, 0.3) is 0 Å². The van der Waals surface area contributed by atoms with E-state index in [1.165, 1.54) is 37.8 Å². The smallest absolute Gasteiger partial charge is 0.317 e. The first-order valence-electron chi connectivity index (χ1n) is 7.87. The Kier molecular flexibility index (Phi) is 5.68. The van der Waals surface area contributed by atoms with Gasteiger partial charge in [-0.2, -0.15) is 13.2 Å². The molecule has 21 heavy (non-hydrogen) atoms. The molecule has 118 valence electrons. The fraction of sp³-hybridized carbons (Fsp3) is 0.647. The van der Waals surface area contributed by atoms with Crippen LogP contribution in [0.5, 0.6) is 0 Å². The van der Waals surface area contributed by atoms with Crippen molar-refractivity contribution in [1.82, 2.24) is 5.32 Å². The third kappa shape index (κ3) is 4.73. The zero-order valence-electron chi connectivity index (χ0n) is 12.5. The number of halogens is 3. The summed E-state index contributed by atoms with van der Waals surface area (Å²) in [4.78, 5) is 0. The van der Waals surface area contributed by atoms with E-state index in [0.717, 1.165) is 25.1 Å². The van der Waals surface area contributed by atoms with E-state index >= 15 is 0 Å². The molecular formula is C17H24F3N. The van der Waals surface area contributed by atoms with E-state index < -0.39 is 11.7 Å². The zero-order chi connectivity index (χ0) is 15.3. The van der Waals surface area contributed by atoms with Crippen LogP contribution in [0.2, 0.25) is 0 Å². The minimum Gasteiger partial charge on any atom is -0.317 e. The van der Waals surface area contributed by atoms with Crippen molar-refractivity contribution in [3.8, 4) is 0 Å². The second kappa shape index (κ2) is 7.30. The molecule has 1 aliphatic carbocycles. The molecule has 0 aliphatic heterocycles. The second-order valence-electron chi connectivity index (χ2n) is 6.01. The van der Waals surface area contributed by atoms with Crippen LogP contribution < -0.4 is 5.32 Å². The van der Waals surface area contributed by atoms with Gasteiger partial charge in [-0.1, -0.05) is 31.9 Å². The fourth-order valence-corrected chi connectivity index (χ4v) is 3.28. The molecule has 0 heterocycles. The Balaban J connectivity index is 1.98. The van der Waals surface area contributed by atoms with Crippen LogP contribution in [-0.4, -0.2) is 13.1 Å². The predicted molar refractivity (Wildman–Crippen MR) is 79.1 cm³/mol. The van der Waals surface area contributed by atoms with Gasteiger partial charge in [0.2, 0.25) is 0 Å². The number of rotatable bonds is 5. The summed E-state index contributed by atoms with van der Waals surface area (Å²) >= 11 is 0. The molecule has 1 aromatic carbocycles. The van der Waals surface area contributed by atoms with Gasteiger partial charge in [0.05, 0.1) is 5.56 Å². The van der Waals surface area contributed by atoms with Crippen molar-refractivity contribution >= 4 is 0 Å². The Morgan fingerprint density at radius 1 is 1.05 bits per heavy atom. The summed E-state index contributed by atoms with van der Waals surface area (Å²) < 4.78 is 37.7. The van der Waals surface area contributed by atoms with Gasteiger partial charge in [-0.25, -0.2) is 0 Å². The van der Waals surface area contributed by atoms with Gasteiger partial charge in [0.15, 0.2) is 0 Å². The molecule has 0 spiro atoms. The van der Waals surface area contributed by atoms with Gasteiger partial charge in [-0.3, -0.25) is 0 Å². The molecule has 1 aliphatic rings. The normalized spacial score (nSPS) is 23.2. The summed E-state index contributed by atoms with van der Waals surface area (Å²) in [6.45, 7) is 4.11. The molecule has 1 nitrogen and oxygen atoms in total. The Hall–Kier alpha value is -1.03. The molecule has 1 fully saturated rings. The highest BCUT2D eigenvalue weighted by molar-refractivity contribution is 5.25. The molecule has 1 saturated carbocycles. The van der Waals surface area contributed by atoms with E-state index in [0.29, 0.717) is 11.8 Å². The Labute approximate surface area is 124 Å². The van der Waals surface area contributed by atoms with Crippen molar-refractivity contribution < 1.29 is 13.2 Å². The summed E-state index contributed by atoms with van der Waals surface area (Å²) in [7, 11) is 0.